The Bertz CT molecular complexity index is 900. The number of nitrogens with zero attached hydrogens (tertiary/aromatic N) is 2. The van der Waals surface area contributed by atoms with Crippen LogP contribution in [0.5, 0.6) is 11.6 Å². The largest absolute Gasteiger partial charge is 0.439 e. The quantitative estimate of drug-likeness (QED) is 0.775. The molecule has 0 saturated carbocycles. The molecule has 5 nitrogen and oxygen atoms in total. The lowest BCUT2D eigenvalue weighted by molar-refractivity contribution is 0.0951. The van der Waals surface area contributed by atoms with E-state index in [0.29, 0.717) is 29.3 Å². The molecular formula is C20H15N3O2. The van der Waals surface area contributed by atoms with Crippen LogP contribution >= 0.6 is 0 Å². The van der Waals surface area contributed by atoms with Crippen LogP contribution in [0.4, 0.5) is 0 Å². The highest BCUT2D eigenvalue weighted by molar-refractivity contribution is 5.94. The number of nitrogens with one attached hydrogen (secondary N) is 1. The molecule has 0 bridgehead atoms. The highest BCUT2D eigenvalue weighted by Crippen LogP contribution is 2.19. The molecule has 0 fully saturated rings. The molecule has 1 amide bonds. The molecule has 0 atom stereocenters. The zero-order valence-electron chi connectivity index (χ0n) is 13.3. The van der Waals surface area contributed by atoms with Gasteiger partial charge in [0.2, 0.25) is 5.88 Å². The van der Waals surface area contributed by atoms with Crippen LogP contribution in [-0.2, 0) is 6.54 Å². The SMILES string of the molecule is N#Cc1ccc(C(=O)NCc2ccnc(Oc3ccccc3)c2)cc1. The Hall–Kier alpha value is -3.65. The van der Waals surface area contributed by atoms with E-state index in [4.69, 9.17) is 10.00 Å². The van der Waals surface area contributed by atoms with Crippen LogP contribution in [0.1, 0.15) is 21.5 Å². The number of nitriles is 1. The fraction of sp³-hybridized carbons (Fsp3) is 0.0500. The summed E-state index contributed by atoms with van der Waals surface area (Å²) in [5.41, 5.74) is 1.91. The maximum absolute atomic E-state index is 12.2. The molecule has 0 saturated heterocycles. The van der Waals surface area contributed by atoms with Crippen molar-refractivity contribution in [3.63, 3.8) is 0 Å². The molecule has 0 radical (unpaired) electrons. The summed E-state index contributed by atoms with van der Waals surface area (Å²) >= 11 is 0. The summed E-state index contributed by atoms with van der Waals surface area (Å²) in [5.74, 6) is 0.969. The second-order valence-corrected chi connectivity index (χ2v) is 5.29. The lowest BCUT2D eigenvalue weighted by atomic mass is 10.1. The lowest BCUT2D eigenvalue weighted by Gasteiger charge is -2.08. The maximum atomic E-state index is 12.2. The molecular weight excluding hydrogens is 314 g/mol. The van der Waals surface area contributed by atoms with Crippen molar-refractivity contribution in [2.24, 2.45) is 0 Å². The van der Waals surface area contributed by atoms with Crippen LogP contribution < -0.4 is 10.1 Å². The maximum Gasteiger partial charge on any atom is 0.251 e. The molecule has 25 heavy (non-hydrogen) atoms. The minimum atomic E-state index is -0.202. The van der Waals surface area contributed by atoms with E-state index < -0.39 is 0 Å². The van der Waals surface area contributed by atoms with Gasteiger partial charge in [0.1, 0.15) is 5.75 Å². The van der Waals surface area contributed by atoms with Crippen LogP contribution in [0.3, 0.4) is 0 Å². The van der Waals surface area contributed by atoms with Crippen molar-refractivity contribution >= 4 is 5.91 Å². The summed E-state index contributed by atoms with van der Waals surface area (Å²) in [6, 6.07) is 21.5. The third-order valence-electron chi connectivity index (χ3n) is 3.49. The highest BCUT2D eigenvalue weighted by atomic mass is 16.5. The van der Waals surface area contributed by atoms with E-state index in [1.165, 1.54) is 0 Å². The Morgan fingerprint density at radius 3 is 2.56 bits per heavy atom. The van der Waals surface area contributed by atoms with Gasteiger partial charge in [-0.25, -0.2) is 4.98 Å². The van der Waals surface area contributed by atoms with E-state index in [2.05, 4.69) is 10.3 Å². The van der Waals surface area contributed by atoms with Crippen molar-refractivity contribution in [2.45, 2.75) is 6.54 Å². The van der Waals surface area contributed by atoms with Gasteiger partial charge in [-0.15, -0.1) is 0 Å². The number of amides is 1. The van der Waals surface area contributed by atoms with E-state index in [0.717, 1.165) is 5.56 Å². The predicted molar refractivity (Wildman–Crippen MR) is 93.1 cm³/mol. The summed E-state index contributed by atoms with van der Waals surface area (Å²) in [6.45, 7) is 0.354. The van der Waals surface area contributed by atoms with Crippen LogP contribution in [0.25, 0.3) is 0 Å². The summed E-state index contributed by atoms with van der Waals surface area (Å²) in [6.07, 6.45) is 1.64. The third-order valence-corrected chi connectivity index (χ3v) is 3.49. The van der Waals surface area contributed by atoms with Crippen LogP contribution in [0.15, 0.2) is 72.9 Å². The molecule has 0 aliphatic carbocycles. The van der Waals surface area contributed by atoms with E-state index in [9.17, 15) is 4.79 Å². The topological polar surface area (TPSA) is 75.0 Å². The van der Waals surface area contributed by atoms with Gasteiger partial charge in [0.05, 0.1) is 11.6 Å². The third kappa shape index (κ3) is 4.43. The first-order chi connectivity index (χ1) is 12.2. The van der Waals surface area contributed by atoms with Crippen LogP contribution in [0, 0.1) is 11.3 Å². The van der Waals surface area contributed by atoms with E-state index in [1.807, 2.05) is 42.5 Å². The van der Waals surface area contributed by atoms with Crippen molar-refractivity contribution < 1.29 is 9.53 Å². The molecule has 0 spiro atoms. The highest BCUT2D eigenvalue weighted by Gasteiger charge is 2.06. The summed E-state index contributed by atoms with van der Waals surface area (Å²) in [4.78, 5) is 16.3. The van der Waals surface area contributed by atoms with Gasteiger partial charge in [-0.1, -0.05) is 18.2 Å². The van der Waals surface area contributed by atoms with Crippen LogP contribution in [0.2, 0.25) is 0 Å². The monoisotopic (exact) mass is 329 g/mol. The Morgan fingerprint density at radius 1 is 1.08 bits per heavy atom. The normalized spacial score (nSPS) is 9.88. The van der Waals surface area contributed by atoms with Gasteiger partial charge in [-0.05, 0) is 48.0 Å². The average molecular weight is 329 g/mol. The molecule has 1 aromatic heterocycles. The molecule has 0 aliphatic rings. The van der Waals surface area contributed by atoms with Crippen molar-refractivity contribution in [1.29, 1.82) is 5.26 Å². The summed E-state index contributed by atoms with van der Waals surface area (Å²) < 4.78 is 5.68. The van der Waals surface area contributed by atoms with Crippen LogP contribution in [-0.4, -0.2) is 10.9 Å². The molecule has 3 rings (SSSR count). The van der Waals surface area contributed by atoms with Gasteiger partial charge in [0.15, 0.2) is 0 Å². The Kier molecular flexibility index (Phi) is 5.03. The number of hydrogen-bond acceptors (Lipinski definition) is 4. The number of hydrogen-bond donors (Lipinski definition) is 1. The molecule has 0 unspecified atom stereocenters. The zero-order valence-corrected chi connectivity index (χ0v) is 13.3. The Morgan fingerprint density at radius 2 is 1.84 bits per heavy atom. The zero-order chi connectivity index (χ0) is 17.5. The average Bonchev–Trinajstić information content (AvgIpc) is 2.67. The van der Waals surface area contributed by atoms with Gasteiger partial charge in [0, 0.05) is 24.4 Å². The van der Waals surface area contributed by atoms with Gasteiger partial charge in [-0.2, -0.15) is 5.26 Å². The van der Waals surface area contributed by atoms with Gasteiger partial charge in [0.25, 0.3) is 5.91 Å². The molecule has 2 aromatic carbocycles. The van der Waals surface area contributed by atoms with E-state index in [-0.39, 0.29) is 5.91 Å². The predicted octanol–water partition coefficient (Wildman–Crippen LogP) is 3.68. The number of aromatic nitrogens is 1. The molecule has 3 aromatic rings. The summed E-state index contributed by atoms with van der Waals surface area (Å²) in [5, 5.41) is 11.6. The van der Waals surface area contributed by atoms with E-state index in [1.54, 1.807) is 36.5 Å². The Labute approximate surface area is 145 Å². The van der Waals surface area contributed by atoms with Crippen molar-refractivity contribution in [3.05, 3.63) is 89.6 Å². The fourth-order valence-electron chi connectivity index (χ4n) is 2.21. The molecule has 5 heteroatoms. The molecule has 1 heterocycles. The minimum Gasteiger partial charge on any atom is -0.439 e. The fourth-order valence-corrected chi connectivity index (χ4v) is 2.21. The van der Waals surface area contributed by atoms with Crippen molar-refractivity contribution in [1.82, 2.24) is 10.3 Å². The van der Waals surface area contributed by atoms with Crippen molar-refractivity contribution in [3.8, 4) is 17.7 Å². The number of pyridine rings is 1. The standard InChI is InChI=1S/C20H15N3O2/c21-13-15-6-8-17(9-7-15)20(24)23-14-16-10-11-22-19(12-16)25-18-4-2-1-3-5-18/h1-12H,14H2,(H,23,24). The van der Waals surface area contributed by atoms with E-state index >= 15 is 0 Å². The first-order valence-electron chi connectivity index (χ1n) is 7.71. The number of rotatable bonds is 5. The number of para-hydroxylation sites is 1. The van der Waals surface area contributed by atoms with Gasteiger partial charge < -0.3 is 10.1 Å². The van der Waals surface area contributed by atoms with Gasteiger partial charge in [-0.3, -0.25) is 4.79 Å². The smallest absolute Gasteiger partial charge is 0.251 e. The number of carbonyl (C=O) groups is 1. The second-order valence-electron chi connectivity index (χ2n) is 5.29. The number of benzene rings is 2. The first-order valence-corrected chi connectivity index (χ1v) is 7.71. The van der Waals surface area contributed by atoms with Crippen molar-refractivity contribution in [2.75, 3.05) is 0 Å². The molecule has 0 aliphatic heterocycles. The second kappa shape index (κ2) is 7.75. The minimum absolute atomic E-state index is 0.202. The number of ether oxygens (including phenoxy) is 1. The molecule has 1 N–H and O–H groups in total. The lowest BCUT2D eigenvalue weighted by Crippen LogP contribution is -2.22. The number of carbonyl (C=O) groups excluding carboxylic acids is 1. The van der Waals surface area contributed by atoms with Gasteiger partial charge >= 0.3 is 0 Å². The first kappa shape index (κ1) is 16.2. The molecule has 122 valence electrons. The Balaban J connectivity index is 1.62. The summed E-state index contributed by atoms with van der Waals surface area (Å²) in [7, 11) is 0.